The standard InChI is InChI=1S/C20H21N3O3S/c1-13-6-4-5-7-17(13)26-12-18-21-20(23-22-18)27-14(2)19(24)15-8-10-16(25-3)11-9-15/h4-11,14H,12H2,1-3H3,(H,21,22,23)/t14-/m0/s1. The van der Waals surface area contributed by atoms with Gasteiger partial charge in [0.05, 0.1) is 12.4 Å². The van der Waals surface area contributed by atoms with Crippen molar-refractivity contribution in [3.05, 3.63) is 65.5 Å². The molecule has 0 unspecified atom stereocenters. The second-order valence-corrected chi connectivity index (χ2v) is 7.28. The maximum Gasteiger partial charge on any atom is 0.209 e. The molecule has 0 aliphatic carbocycles. The second-order valence-electron chi connectivity index (χ2n) is 5.97. The Morgan fingerprint density at radius 2 is 1.93 bits per heavy atom. The van der Waals surface area contributed by atoms with Crippen LogP contribution in [0.1, 0.15) is 28.7 Å². The Bertz CT molecular complexity index is 909. The molecule has 140 valence electrons. The van der Waals surface area contributed by atoms with E-state index in [9.17, 15) is 4.79 Å². The van der Waals surface area contributed by atoms with Gasteiger partial charge in [-0.05, 0) is 49.7 Å². The van der Waals surface area contributed by atoms with Gasteiger partial charge in [0.1, 0.15) is 18.1 Å². The van der Waals surface area contributed by atoms with Crippen molar-refractivity contribution in [2.45, 2.75) is 30.9 Å². The number of hydrogen-bond donors (Lipinski definition) is 1. The van der Waals surface area contributed by atoms with Crippen molar-refractivity contribution in [1.82, 2.24) is 15.2 Å². The summed E-state index contributed by atoms with van der Waals surface area (Å²) in [5.41, 5.74) is 1.69. The molecule has 1 heterocycles. The number of ether oxygens (including phenoxy) is 2. The van der Waals surface area contributed by atoms with E-state index in [1.807, 2.05) is 38.1 Å². The Kier molecular flexibility index (Phi) is 6.13. The van der Waals surface area contributed by atoms with Crippen LogP contribution in [0.15, 0.2) is 53.7 Å². The van der Waals surface area contributed by atoms with Crippen molar-refractivity contribution >= 4 is 17.5 Å². The van der Waals surface area contributed by atoms with Crippen LogP contribution < -0.4 is 9.47 Å². The molecule has 27 heavy (non-hydrogen) atoms. The number of Topliss-reactive ketones (excluding diaryl/α,β-unsaturated/α-hetero) is 1. The normalized spacial score (nSPS) is 11.8. The van der Waals surface area contributed by atoms with Gasteiger partial charge in [-0.1, -0.05) is 30.0 Å². The summed E-state index contributed by atoms with van der Waals surface area (Å²) in [7, 11) is 1.60. The Morgan fingerprint density at radius 3 is 2.63 bits per heavy atom. The largest absolute Gasteiger partial charge is 0.497 e. The van der Waals surface area contributed by atoms with E-state index in [0.717, 1.165) is 17.1 Å². The van der Waals surface area contributed by atoms with Crippen molar-refractivity contribution < 1.29 is 14.3 Å². The number of aromatic amines is 1. The zero-order chi connectivity index (χ0) is 19.2. The predicted octanol–water partition coefficient (Wildman–Crippen LogP) is 4.06. The van der Waals surface area contributed by atoms with E-state index in [4.69, 9.17) is 9.47 Å². The molecular weight excluding hydrogens is 362 g/mol. The number of H-pyrrole nitrogens is 1. The highest BCUT2D eigenvalue weighted by atomic mass is 32.2. The van der Waals surface area contributed by atoms with Crippen LogP contribution in [0.2, 0.25) is 0 Å². The summed E-state index contributed by atoms with van der Waals surface area (Å²) in [6.07, 6.45) is 0. The van der Waals surface area contributed by atoms with Crippen LogP contribution in [0.3, 0.4) is 0 Å². The number of carbonyl (C=O) groups is 1. The van der Waals surface area contributed by atoms with Gasteiger partial charge < -0.3 is 9.47 Å². The van der Waals surface area contributed by atoms with Gasteiger partial charge in [0, 0.05) is 5.56 Å². The zero-order valence-corrected chi connectivity index (χ0v) is 16.2. The SMILES string of the molecule is COc1ccc(C(=O)[C@H](C)Sc2n[nH]c(COc3ccccc3C)n2)cc1. The number of aromatic nitrogens is 3. The Balaban J connectivity index is 1.57. The molecule has 0 aliphatic heterocycles. The van der Waals surface area contributed by atoms with E-state index in [2.05, 4.69) is 15.2 Å². The summed E-state index contributed by atoms with van der Waals surface area (Å²) in [6.45, 7) is 4.12. The molecule has 1 atom stereocenters. The van der Waals surface area contributed by atoms with Crippen molar-refractivity contribution in [1.29, 1.82) is 0 Å². The monoisotopic (exact) mass is 383 g/mol. The predicted molar refractivity (Wildman–Crippen MR) is 105 cm³/mol. The van der Waals surface area contributed by atoms with Crippen molar-refractivity contribution in [2.24, 2.45) is 0 Å². The fraction of sp³-hybridized carbons (Fsp3) is 0.250. The first kappa shape index (κ1) is 19.0. The number of thioether (sulfide) groups is 1. The Hall–Kier alpha value is -2.80. The third kappa shape index (κ3) is 4.89. The molecule has 3 rings (SSSR count). The number of aryl methyl sites for hydroxylation is 1. The Labute approximate surface area is 162 Å². The number of rotatable bonds is 8. The van der Waals surface area contributed by atoms with Crippen molar-refractivity contribution in [3.63, 3.8) is 0 Å². The highest BCUT2D eigenvalue weighted by Crippen LogP contribution is 2.24. The van der Waals surface area contributed by atoms with Gasteiger partial charge in [0.2, 0.25) is 5.16 Å². The molecule has 1 N–H and O–H groups in total. The molecule has 0 saturated carbocycles. The van der Waals surface area contributed by atoms with E-state index < -0.39 is 0 Å². The molecule has 0 amide bonds. The summed E-state index contributed by atoms with van der Waals surface area (Å²) in [5.74, 6) is 2.17. The molecule has 6 nitrogen and oxygen atoms in total. The fourth-order valence-corrected chi connectivity index (χ4v) is 3.28. The lowest BCUT2D eigenvalue weighted by atomic mass is 10.1. The van der Waals surface area contributed by atoms with Crippen LogP contribution in [0.25, 0.3) is 0 Å². The quantitative estimate of drug-likeness (QED) is 0.467. The number of para-hydroxylation sites is 1. The van der Waals surface area contributed by atoms with Crippen LogP contribution in [-0.2, 0) is 6.61 Å². The number of nitrogens with zero attached hydrogens (tertiary/aromatic N) is 2. The second kappa shape index (κ2) is 8.73. The first-order valence-corrected chi connectivity index (χ1v) is 9.39. The minimum Gasteiger partial charge on any atom is -0.497 e. The smallest absolute Gasteiger partial charge is 0.209 e. The number of ketones is 1. The Morgan fingerprint density at radius 1 is 1.19 bits per heavy atom. The molecule has 3 aromatic rings. The van der Waals surface area contributed by atoms with Crippen LogP contribution in [0.5, 0.6) is 11.5 Å². The molecule has 0 spiro atoms. The minimum atomic E-state index is -0.306. The average Bonchev–Trinajstić information content (AvgIpc) is 3.14. The van der Waals surface area contributed by atoms with Crippen molar-refractivity contribution in [3.8, 4) is 11.5 Å². The lowest BCUT2D eigenvalue weighted by molar-refractivity contribution is 0.0994. The van der Waals surface area contributed by atoms with E-state index in [1.165, 1.54) is 11.8 Å². The van der Waals surface area contributed by atoms with Crippen LogP contribution >= 0.6 is 11.8 Å². The van der Waals surface area contributed by atoms with E-state index in [-0.39, 0.29) is 11.0 Å². The lowest BCUT2D eigenvalue weighted by Crippen LogP contribution is -2.13. The van der Waals surface area contributed by atoms with Gasteiger partial charge in [0.25, 0.3) is 0 Å². The lowest BCUT2D eigenvalue weighted by Gasteiger charge is -2.08. The number of methoxy groups -OCH3 is 1. The molecule has 0 aliphatic rings. The zero-order valence-electron chi connectivity index (χ0n) is 15.4. The third-order valence-corrected chi connectivity index (χ3v) is 4.96. The molecule has 0 radical (unpaired) electrons. The molecule has 7 heteroatoms. The number of carbonyl (C=O) groups excluding carboxylic acids is 1. The highest BCUT2D eigenvalue weighted by molar-refractivity contribution is 8.00. The minimum absolute atomic E-state index is 0.0187. The van der Waals surface area contributed by atoms with Gasteiger partial charge in [-0.2, -0.15) is 0 Å². The maximum atomic E-state index is 12.6. The van der Waals surface area contributed by atoms with Gasteiger partial charge in [-0.15, -0.1) is 5.10 Å². The van der Waals surface area contributed by atoms with Gasteiger partial charge >= 0.3 is 0 Å². The maximum absolute atomic E-state index is 12.6. The fourth-order valence-electron chi connectivity index (χ4n) is 2.46. The molecule has 1 aromatic heterocycles. The van der Waals surface area contributed by atoms with Crippen LogP contribution in [-0.4, -0.2) is 33.3 Å². The number of hydrogen-bond acceptors (Lipinski definition) is 6. The van der Waals surface area contributed by atoms with E-state index in [0.29, 0.717) is 23.2 Å². The summed E-state index contributed by atoms with van der Waals surface area (Å²) in [4.78, 5) is 16.9. The van der Waals surface area contributed by atoms with Crippen LogP contribution in [0, 0.1) is 6.92 Å². The first-order valence-electron chi connectivity index (χ1n) is 8.51. The van der Waals surface area contributed by atoms with Gasteiger partial charge in [0.15, 0.2) is 11.6 Å². The number of benzene rings is 2. The molecule has 0 fully saturated rings. The third-order valence-electron chi connectivity index (χ3n) is 4.00. The van der Waals surface area contributed by atoms with Crippen molar-refractivity contribution in [2.75, 3.05) is 7.11 Å². The summed E-state index contributed by atoms with van der Waals surface area (Å²) in [6, 6.07) is 14.9. The van der Waals surface area contributed by atoms with E-state index in [1.54, 1.807) is 31.4 Å². The highest BCUT2D eigenvalue weighted by Gasteiger charge is 2.19. The van der Waals surface area contributed by atoms with Crippen LogP contribution in [0.4, 0.5) is 0 Å². The molecule has 2 aromatic carbocycles. The summed E-state index contributed by atoms with van der Waals surface area (Å²) < 4.78 is 10.9. The summed E-state index contributed by atoms with van der Waals surface area (Å²) in [5, 5.41) is 7.24. The van der Waals surface area contributed by atoms with E-state index >= 15 is 0 Å². The number of nitrogens with one attached hydrogen (secondary N) is 1. The van der Waals surface area contributed by atoms with Gasteiger partial charge in [-0.25, -0.2) is 4.98 Å². The van der Waals surface area contributed by atoms with Gasteiger partial charge in [-0.3, -0.25) is 9.89 Å². The molecular formula is C20H21N3O3S. The molecule has 0 saturated heterocycles. The summed E-state index contributed by atoms with van der Waals surface area (Å²) >= 11 is 1.31. The molecule has 0 bridgehead atoms. The first-order chi connectivity index (χ1) is 13.1. The average molecular weight is 383 g/mol. The topological polar surface area (TPSA) is 77.1 Å².